The Balaban J connectivity index is 2.04. The Morgan fingerprint density at radius 3 is 2.62 bits per heavy atom. The van der Waals surface area contributed by atoms with E-state index in [9.17, 15) is 14.7 Å². The zero-order valence-electron chi connectivity index (χ0n) is 13.4. The van der Waals surface area contributed by atoms with Crippen LogP contribution in [0.25, 0.3) is 6.08 Å². The van der Waals surface area contributed by atoms with Crippen LogP contribution in [0.4, 0.5) is 0 Å². The van der Waals surface area contributed by atoms with Gasteiger partial charge in [-0.2, -0.15) is 0 Å². The van der Waals surface area contributed by atoms with E-state index in [-0.39, 0.29) is 23.7 Å². The molecule has 0 aromatic heterocycles. The number of aryl methyl sites for hydroxylation is 1. The molecule has 0 saturated heterocycles. The average molecular weight is 345 g/mol. The maximum absolute atomic E-state index is 12.1. The van der Waals surface area contributed by atoms with Gasteiger partial charge in [0.25, 0.3) is 0 Å². The summed E-state index contributed by atoms with van der Waals surface area (Å²) in [5.41, 5.74) is 1.98. The van der Waals surface area contributed by atoms with Gasteiger partial charge in [0.2, 0.25) is 0 Å². The minimum Gasteiger partial charge on any atom is -0.504 e. The van der Waals surface area contributed by atoms with Crippen LogP contribution in [-0.4, -0.2) is 23.8 Å². The van der Waals surface area contributed by atoms with Crippen molar-refractivity contribution in [1.82, 2.24) is 0 Å². The number of rotatable bonds is 6. The van der Waals surface area contributed by atoms with E-state index >= 15 is 0 Å². The lowest BCUT2D eigenvalue weighted by atomic mass is 10.0. The Morgan fingerprint density at radius 1 is 1.21 bits per heavy atom. The van der Waals surface area contributed by atoms with Crippen molar-refractivity contribution in [2.24, 2.45) is 0 Å². The molecule has 24 heavy (non-hydrogen) atoms. The van der Waals surface area contributed by atoms with Gasteiger partial charge >= 0.3 is 0 Å². The quantitative estimate of drug-likeness (QED) is 0.484. The van der Waals surface area contributed by atoms with E-state index in [0.29, 0.717) is 21.9 Å². The van der Waals surface area contributed by atoms with Gasteiger partial charge in [-0.25, -0.2) is 0 Å². The molecule has 124 valence electrons. The number of ketones is 2. The van der Waals surface area contributed by atoms with Crippen molar-refractivity contribution in [2.45, 2.75) is 13.3 Å². The van der Waals surface area contributed by atoms with Gasteiger partial charge in [-0.1, -0.05) is 35.9 Å². The summed E-state index contributed by atoms with van der Waals surface area (Å²) in [6.07, 6.45) is 2.67. The number of Topliss-reactive ketones (excluding diaryl/α,β-unsaturated/α-hetero) is 1. The topological polar surface area (TPSA) is 63.6 Å². The maximum atomic E-state index is 12.1. The molecular formula is C19H17ClO4. The highest BCUT2D eigenvalue weighted by atomic mass is 35.5. The maximum Gasteiger partial charge on any atom is 0.170 e. The number of ether oxygens (including phenoxy) is 1. The molecule has 2 rings (SSSR count). The van der Waals surface area contributed by atoms with Crippen LogP contribution in [0.3, 0.4) is 0 Å². The number of aromatic hydroxyl groups is 1. The summed E-state index contributed by atoms with van der Waals surface area (Å²) in [7, 11) is 1.44. The molecule has 0 saturated carbocycles. The van der Waals surface area contributed by atoms with E-state index in [4.69, 9.17) is 16.3 Å². The van der Waals surface area contributed by atoms with Crippen molar-refractivity contribution >= 4 is 29.2 Å². The monoisotopic (exact) mass is 344 g/mol. The van der Waals surface area contributed by atoms with Gasteiger partial charge in [0.1, 0.15) is 0 Å². The Hall–Kier alpha value is -2.59. The first-order valence-corrected chi connectivity index (χ1v) is 7.66. The summed E-state index contributed by atoms with van der Waals surface area (Å²) in [4.78, 5) is 24.1. The normalized spacial score (nSPS) is 10.8. The lowest BCUT2D eigenvalue weighted by Gasteiger charge is -2.04. The fraction of sp³-hybridized carbons (Fsp3) is 0.158. The van der Waals surface area contributed by atoms with Gasteiger partial charge < -0.3 is 9.84 Å². The Morgan fingerprint density at radius 2 is 1.96 bits per heavy atom. The molecular weight excluding hydrogens is 328 g/mol. The first-order valence-electron chi connectivity index (χ1n) is 7.28. The number of phenols is 1. The Bertz CT molecular complexity index is 809. The fourth-order valence-corrected chi connectivity index (χ4v) is 2.25. The third-order valence-corrected chi connectivity index (χ3v) is 3.90. The molecule has 0 heterocycles. The molecule has 4 nitrogen and oxygen atoms in total. The number of hydrogen-bond donors (Lipinski definition) is 1. The van der Waals surface area contributed by atoms with Crippen molar-refractivity contribution in [3.8, 4) is 11.5 Å². The molecule has 2 aromatic carbocycles. The van der Waals surface area contributed by atoms with Crippen LogP contribution >= 0.6 is 11.6 Å². The smallest absolute Gasteiger partial charge is 0.170 e. The molecule has 0 amide bonds. The number of carbonyl (C=O) groups is 2. The third kappa shape index (κ3) is 4.46. The van der Waals surface area contributed by atoms with Gasteiger partial charge in [0, 0.05) is 10.6 Å². The molecule has 0 radical (unpaired) electrons. The van der Waals surface area contributed by atoms with Crippen molar-refractivity contribution in [3.05, 3.63) is 64.2 Å². The fourth-order valence-electron chi connectivity index (χ4n) is 2.07. The van der Waals surface area contributed by atoms with Gasteiger partial charge in [-0.15, -0.1) is 0 Å². The van der Waals surface area contributed by atoms with Crippen LogP contribution in [0.5, 0.6) is 11.5 Å². The van der Waals surface area contributed by atoms with Crippen LogP contribution < -0.4 is 4.74 Å². The number of phenolic OH excluding ortho intramolecular Hbond substituents is 1. The predicted octanol–water partition coefficient (Wildman–Crippen LogP) is 4.22. The molecule has 5 heteroatoms. The summed E-state index contributed by atoms with van der Waals surface area (Å²) in [5, 5.41) is 10.0. The van der Waals surface area contributed by atoms with Gasteiger partial charge in [0.05, 0.1) is 13.5 Å². The van der Waals surface area contributed by atoms with E-state index in [1.165, 1.54) is 19.3 Å². The standard InChI is InChI=1S/C19H17ClO4/c1-12-3-6-14(10-16(12)20)18(23)11-15(21)7-4-13-5-8-17(22)19(9-13)24-2/h3-10,22H,11H2,1-2H3. The van der Waals surface area contributed by atoms with E-state index in [1.807, 2.05) is 6.92 Å². The largest absolute Gasteiger partial charge is 0.504 e. The minimum atomic E-state index is -0.316. The SMILES string of the molecule is COc1cc(C=CC(=O)CC(=O)c2ccc(C)c(Cl)c2)ccc1O. The van der Waals surface area contributed by atoms with Crippen LogP contribution in [0, 0.1) is 6.92 Å². The Kier molecular flexibility index (Phi) is 5.77. The third-order valence-electron chi connectivity index (χ3n) is 3.49. The number of carbonyl (C=O) groups excluding carboxylic acids is 2. The summed E-state index contributed by atoms with van der Waals surface area (Å²) >= 11 is 5.99. The molecule has 2 aromatic rings. The average Bonchev–Trinajstić information content (AvgIpc) is 2.56. The van der Waals surface area contributed by atoms with Crippen LogP contribution in [0.1, 0.15) is 27.9 Å². The second-order valence-corrected chi connectivity index (χ2v) is 5.70. The highest BCUT2D eigenvalue weighted by Crippen LogP contribution is 2.26. The second kappa shape index (κ2) is 7.79. The van der Waals surface area contributed by atoms with E-state index in [2.05, 4.69) is 0 Å². The Labute approximate surface area is 145 Å². The number of benzene rings is 2. The van der Waals surface area contributed by atoms with E-state index in [1.54, 1.807) is 36.4 Å². The molecule has 0 aliphatic rings. The summed E-state index contributed by atoms with van der Waals surface area (Å²) in [6.45, 7) is 1.84. The first kappa shape index (κ1) is 17.8. The number of methoxy groups -OCH3 is 1. The molecule has 0 fully saturated rings. The molecule has 0 atom stereocenters. The van der Waals surface area contributed by atoms with Crippen molar-refractivity contribution in [2.75, 3.05) is 7.11 Å². The zero-order chi connectivity index (χ0) is 17.7. The second-order valence-electron chi connectivity index (χ2n) is 5.29. The number of allylic oxidation sites excluding steroid dienone is 1. The van der Waals surface area contributed by atoms with E-state index in [0.717, 1.165) is 5.56 Å². The highest BCUT2D eigenvalue weighted by molar-refractivity contribution is 6.31. The predicted molar refractivity (Wildman–Crippen MR) is 93.8 cm³/mol. The van der Waals surface area contributed by atoms with Crippen LogP contribution in [-0.2, 0) is 4.79 Å². The lowest BCUT2D eigenvalue weighted by molar-refractivity contribution is -0.113. The minimum absolute atomic E-state index is 0.0207. The van der Waals surface area contributed by atoms with Crippen molar-refractivity contribution in [1.29, 1.82) is 0 Å². The molecule has 1 N–H and O–H groups in total. The molecule has 0 bridgehead atoms. The van der Waals surface area contributed by atoms with Gasteiger partial charge in [-0.05, 0) is 42.3 Å². The van der Waals surface area contributed by atoms with Crippen LogP contribution in [0.15, 0.2) is 42.5 Å². The number of hydrogen-bond acceptors (Lipinski definition) is 4. The van der Waals surface area contributed by atoms with Gasteiger partial charge in [0.15, 0.2) is 23.1 Å². The zero-order valence-corrected chi connectivity index (χ0v) is 14.1. The van der Waals surface area contributed by atoms with Crippen molar-refractivity contribution in [3.63, 3.8) is 0 Å². The molecule has 0 aliphatic carbocycles. The van der Waals surface area contributed by atoms with Crippen molar-refractivity contribution < 1.29 is 19.4 Å². The lowest BCUT2D eigenvalue weighted by Crippen LogP contribution is -2.06. The van der Waals surface area contributed by atoms with Gasteiger partial charge in [-0.3, -0.25) is 9.59 Å². The molecule has 0 unspecified atom stereocenters. The summed E-state index contributed by atoms with van der Waals surface area (Å²) < 4.78 is 5.00. The van der Waals surface area contributed by atoms with E-state index < -0.39 is 0 Å². The highest BCUT2D eigenvalue weighted by Gasteiger charge is 2.11. The molecule has 0 spiro atoms. The number of halogens is 1. The van der Waals surface area contributed by atoms with Crippen LogP contribution in [0.2, 0.25) is 5.02 Å². The summed E-state index contributed by atoms with van der Waals surface area (Å²) in [6, 6.07) is 9.69. The first-order chi connectivity index (χ1) is 11.4. The summed E-state index contributed by atoms with van der Waals surface area (Å²) in [5.74, 6) is -0.263. The molecule has 0 aliphatic heterocycles.